The van der Waals surface area contributed by atoms with Crippen LogP contribution in [0, 0.1) is 0 Å². The van der Waals surface area contributed by atoms with E-state index in [9.17, 15) is 12.9 Å². The molecule has 1 aliphatic rings. The van der Waals surface area contributed by atoms with Gasteiger partial charge in [-0.05, 0) is 25.7 Å². The van der Waals surface area contributed by atoms with Crippen molar-refractivity contribution >= 4 is 6.98 Å². The smallest absolute Gasteiger partial charge is 0.445 e. The van der Waals surface area contributed by atoms with Crippen LogP contribution in [0.25, 0.3) is 0 Å². The first-order valence-electron chi connectivity index (χ1n) is 4.16. The maximum atomic E-state index is 11.8. The van der Waals surface area contributed by atoms with Crippen molar-refractivity contribution in [2.75, 3.05) is 0 Å². The van der Waals surface area contributed by atoms with Gasteiger partial charge in [-0.3, -0.25) is 0 Å². The molecule has 0 saturated carbocycles. The minimum absolute atomic E-state index is 0. The van der Waals surface area contributed by atoms with Gasteiger partial charge in [-0.2, -0.15) is 0 Å². The Hall–Kier alpha value is 0.971. The second kappa shape index (κ2) is 6.45. The summed E-state index contributed by atoms with van der Waals surface area (Å²) in [7, 11) is 0. The first-order chi connectivity index (χ1) is 5.58. The minimum atomic E-state index is -4.75. The van der Waals surface area contributed by atoms with Crippen LogP contribution >= 0.6 is 0 Å². The molecule has 0 bridgehead atoms. The molecule has 0 heterocycles. The normalized spacial score (nSPS) is 18.2. The van der Waals surface area contributed by atoms with Crippen LogP contribution in [0.3, 0.4) is 0 Å². The molecular weight excluding hydrogens is 203 g/mol. The molecule has 0 fully saturated rings. The summed E-state index contributed by atoms with van der Waals surface area (Å²) >= 11 is 0. The van der Waals surface area contributed by atoms with Gasteiger partial charge >= 0.3 is 58.4 Å². The van der Waals surface area contributed by atoms with E-state index in [0.717, 1.165) is 31.3 Å². The van der Waals surface area contributed by atoms with Crippen molar-refractivity contribution in [2.24, 2.45) is 0 Å². The molecule has 0 nitrogen and oxygen atoms in total. The summed E-state index contributed by atoms with van der Waals surface area (Å²) in [4.78, 5) is 0. The van der Waals surface area contributed by atoms with Gasteiger partial charge in [-0.1, -0.05) is 17.7 Å². The Morgan fingerprint density at radius 2 is 1.92 bits per heavy atom. The molecule has 1 rings (SSSR count). The molecule has 0 aromatic heterocycles. The van der Waals surface area contributed by atoms with E-state index in [2.05, 4.69) is 0 Å². The summed E-state index contributed by atoms with van der Waals surface area (Å²) in [6.45, 7) is -4.75. The molecule has 0 N–H and O–H groups in total. The molecule has 0 atom stereocenters. The van der Waals surface area contributed by atoms with Crippen LogP contribution in [0.1, 0.15) is 25.7 Å². The van der Waals surface area contributed by atoms with E-state index in [1.165, 1.54) is 6.08 Å². The van der Waals surface area contributed by atoms with Crippen LogP contribution in [0.4, 0.5) is 12.9 Å². The zero-order valence-electron chi connectivity index (χ0n) is 7.77. The first-order valence-corrected chi connectivity index (χ1v) is 4.16. The van der Waals surface area contributed by atoms with Crippen molar-refractivity contribution in [3.8, 4) is 0 Å². The van der Waals surface area contributed by atoms with Gasteiger partial charge in [0.05, 0.1) is 0 Å². The van der Waals surface area contributed by atoms with Crippen molar-refractivity contribution in [3.63, 3.8) is 0 Å². The average molecular weight is 214 g/mol. The Morgan fingerprint density at radius 3 is 2.38 bits per heavy atom. The molecule has 0 spiro atoms. The van der Waals surface area contributed by atoms with Crippen LogP contribution < -0.4 is 51.4 Å². The molecule has 0 aromatic carbocycles. The second-order valence-electron chi connectivity index (χ2n) is 3.01. The Bertz CT molecular complexity index is 208. The molecule has 68 valence electrons. The van der Waals surface area contributed by atoms with Gasteiger partial charge in [-0.25, -0.2) is 0 Å². The van der Waals surface area contributed by atoms with Gasteiger partial charge in [0.1, 0.15) is 0 Å². The number of rotatable bonds is 2. The van der Waals surface area contributed by atoms with Crippen molar-refractivity contribution < 1.29 is 64.3 Å². The predicted molar refractivity (Wildman–Crippen MR) is 44.8 cm³/mol. The van der Waals surface area contributed by atoms with E-state index in [4.69, 9.17) is 0 Å². The Balaban J connectivity index is 0.00000144. The molecule has 0 amide bonds. The largest absolute Gasteiger partial charge is 1.00 e. The fraction of sp³-hybridized carbons (Fsp3) is 0.500. The van der Waals surface area contributed by atoms with Crippen molar-refractivity contribution in [2.45, 2.75) is 25.7 Å². The summed E-state index contributed by atoms with van der Waals surface area (Å²) in [5, 5.41) is 0. The van der Waals surface area contributed by atoms with E-state index in [0.29, 0.717) is 5.98 Å². The monoisotopic (exact) mass is 214 g/mol. The summed E-state index contributed by atoms with van der Waals surface area (Å²) in [5.41, 5.74) is 0.834. The Labute approximate surface area is 119 Å². The quantitative estimate of drug-likeness (QED) is 0.585. The van der Waals surface area contributed by atoms with Crippen molar-refractivity contribution in [1.82, 2.24) is 0 Å². The van der Waals surface area contributed by atoms with Crippen LogP contribution in [0.15, 0.2) is 23.7 Å². The second-order valence-corrected chi connectivity index (χ2v) is 3.01. The Kier molecular flexibility index (Phi) is 6.94. The van der Waals surface area contributed by atoms with Crippen LogP contribution in [-0.4, -0.2) is 6.98 Å². The average Bonchev–Trinajstić information content (AvgIpc) is 2.02. The molecule has 1 aliphatic carbocycles. The fourth-order valence-corrected chi connectivity index (χ4v) is 1.25. The fourth-order valence-electron chi connectivity index (χ4n) is 1.25. The molecule has 0 radical (unpaired) electrons. The van der Waals surface area contributed by atoms with Gasteiger partial charge in [-0.15, -0.1) is 5.98 Å². The maximum absolute atomic E-state index is 11.8. The Morgan fingerprint density at radius 1 is 1.23 bits per heavy atom. The van der Waals surface area contributed by atoms with Crippen LogP contribution in [0.5, 0.6) is 0 Å². The third kappa shape index (κ3) is 6.97. The molecule has 0 aromatic rings. The van der Waals surface area contributed by atoms with Gasteiger partial charge in [0.25, 0.3) is 0 Å². The minimum Gasteiger partial charge on any atom is -0.445 e. The van der Waals surface area contributed by atoms with Crippen molar-refractivity contribution in [3.05, 3.63) is 23.7 Å². The molecular formula is C8H11BF3K. The summed E-state index contributed by atoms with van der Waals surface area (Å²) < 4.78 is 35.3. The molecule has 0 aliphatic heterocycles. The maximum Gasteiger partial charge on any atom is 1.00 e. The zero-order valence-corrected chi connectivity index (χ0v) is 10.9. The van der Waals surface area contributed by atoms with E-state index < -0.39 is 6.98 Å². The van der Waals surface area contributed by atoms with E-state index in [-0.39, 0.29) is 51.4 Å². The van der Waals surface area contributed by atoms with Gasteiger partial charge in [0, 0.05) is 0 Å². The summed E-state index contributed by atoms with van der Waals surface area (Å²) in [5.74, 6) is 0.372. The number of halogens is 3. The molecule has 0 saturated heterocycles. The standard InChI is InChI=1S/C8H11BF3.K/c10-9(11,12)7-6-8-4-2-1-3-5-8;/h4,6-7H,1-3,5H2;/q-1;+1/b7-6-;. The van der Waals surface area contributed by atoms with E-state index in [1.807, 2.05) is 6.08 Å². The summed E-state index contributed by atoms with van der Waals surface area (Å²) in [6.07, 6.45) is 6.93. The van der Waals surface area contributed by atoms with Gasteiger partial charge < -0.3 is 12.9 Å². The molecule has 13 heavy (non-hydrogen) atoms. The number of allylic oxidation sites excluding steroid dienone is 3. The van der Waals surface area contributed by atoms with Crippen molar-refractivity contribution in [1.29, 1.82) is 0 Å². The SMILES string of the molecule is F[B-](F)(F)/C=C\C1=CCCCC1.[K+]. The topological polar surface area (TPSA) is 0 Å². The molecule has 0 unspecified atom stereocenters. The number of hydrogen-bond donors (Lipinski definition) is 0. The number of hydrogen-bond acceptors (Lipinski definition) is 0. The third-order valence-electron chi connectivity index (χ3n) is 1.85. The van der Waals surface area contributed by atoms with E-state index >= 15 is 0 Å². The van der Waals surface area contributed by atoms with Crippen LogP contribution in [0.2, 0.25) is 0 Å². The van der Waals surface area contributed by atoms with Crippen LogP contribution in [-0.2, 0) is 0 Å². The summed E-state index contributed by atoms with van der Waals surface area (Å²) in [6, 6.07) is 0. The third-order valence-corrected chi connectivity index (χ3v) is 1.85. The molecule has 5 heteroatoms. The predicted octanol–water partition coefficient (Wildman–Crippen LogP) is 0.434. The first kappa shape index (κ1) is 14.0. The van der Waals surface area contributed by atoms with E-state index in [1.54, 1.807) is 0 Å². The van der Waals surface area contributed by atoms with Gasteiger partial charge in [0.15, 0.2) is 0 Å². The zero-order chi connectivity index (χ0) is 9.03. The van der Waals surface area contributed by atoms with Gasteiger partial charge in [0.2, 0.25) is 0 Å².